The van der Waals surface area contributed by atoms with E-state index in [4.69, 9.17) is 19.6 Å². The van der Waals surface area contributed by atoms with Gasteiger partial charge >= 0.3 is 5.97 Å². The van der Waals surface area contributed by atoms with E-state index in [-0.39, 0.29) is 12.4 Å². The number of carbonyl (C=O) groups is 1. The Morgan fingerprint density at radius 1 is 1.00 bits per heavy atom. The van der Waals surface area contributed by atoms with Gasteiger partial charge in [-0.2, -0.15) is 0 Å². The molecule has 0 aliphatic carbocycles. The van der Waals surface area contributed by atoms with Crippen molar-refractivity contribution in [3.8, 4) is 16.9 Å². The number of anilines is 1. The molecule has 34 heavy (non-hydrogen) atoms. The van der Waals surface area contributed by atoms with Crippen LogP contribution in [0, 0.1) is 0 Å². The molecule has 3 N–H and O–H groups in total. The van der Waals surface area contributed by atoms with Crippen LogP contribution in [0.5, 0.6) is 5.75 Å². The molecule has 0 unspecified atom stereocenters. The molecule has 0 bridgehead atoms. The Morgan fingerprint density at radius 3 is 2.65 bits per heavy atom. The molecule has 1 heterocycles. The van der Waals surface area contributed by atoms with Crippen molar-refractivity contribution < 1.29 is 18.7 Å². The molecule has 0 aliphatic rings. The summed E-state index contributed by atoms with van der Waals surface area (Å²) in [5.74, 6) is 0.385. The van der Waals surface area contributed by atoms with Gasteiger partial charge in [-0.25, -0.2) is 0 Å². The second-order valence-corrected chi connectivity index (χ2v) is 7.97. The van der Waals surface area contributed by atoms with Crippen LogP contribution in [0.25, 0.3) is 22.1 Å². The Bertz CT molecular complexity index is 1280. The van der Waals surface area contributed by atoms with Crippen LogP contribution >= 0.6 is 0 Å². The molecule has 0 saturated carbocycles. The molecule has 6 heteroatoms. The zero-order valence-corrected chi connectivity index (χ0v) is 19.6. The highest BCUT2D eigenvalue weighted by Crippen LogP contribution is 2.35. The molecular weight excluding hydrogens is 428 g/mol. The molecule has 176 valence electrons. The molecule has 0 radical (unpaired) electrons. The molecule has 6 nitrogen and oxygen atoms in total. The Kier molecular flexibility index (Phi) is 7.50. The fraction of sp³-hybridized carbons (Fsp3) is 0.250. The first kappa shape index (κ1) is 23.4. The van der Waals surface area contributed by atoms with Crippen LogP contribution in [0.15, 0.2) is 71.3 Å². The van der Waals surface area contributed by atoms with Gasteiger partial charge in [0.2, 0.25) is 0 Å². The van der Waals surface area contributed by atoms with Gasteiger partial charge in [-0.15, -0.1) is 0 Å². The monoisotopic (exact) mass is 458 g/mol. The van der Waals surface area contributed by atoms with E-state index in [1.807, 2.05) is 36.4 Å². The van der Waals surface area contributed by atoms with Crippen LogP contribution in [0.1, 0.15) is 30.5 Å². The molecule has 3 aromatic carbocycles. The van der Waals surface area contributed by atoms with Crippen molar-refractivity contribution >= 4 is 22.6 Å². The Hall–Kier alpha value is -3.77. The highest BCUT2D eigenvalue weighted by Gasteiger charge is 2.15. The van der Waals surface area contributed by atoms with Gasteiger partial charge in [0.25, 0.3) is 0 Å². The van der Waals surface area contributed by atoms with Gasteiger partial charge in [-0.05, 0) is 54.8 Å². The molecule has 1 aromatic heterocycles. The predicted octanol–water partition coefficient (Wildman–Crippen LogP) is 5.67. The van der Waals surface area contributed by atoms with Gasteiger partial charge in [-0.3, -0.25) is 4.79 Å². The summed E-state index contributed by atoms with van der Waals surface area (Å²) in [4.78, 5) is 12.0. The maximum absolute atomic E-state index is 12.0. The van der Waals surface area contributed by atoms with Crippen LogP contribution in [-0.2, 0) is 29.1 Å². The fourth-order valence-corrected chi connectivity index (χ4v) is 3.98. The van der Waals surface area contributed by atoms with Crippen molar-refractivity contribution in [1.29, 1.82) is 0 Å². The van der Waals surface area contributed by atoms with Crippen LogP contribution in [0.2, 0.25) is 0 Å². The number of esters is 1. The molecule has 0 saturated heterocycles. The Labute approximate surface area is 199 Å². The van der Waals surface area contributed by atoms with E-state index in [2.05, 4.69) is 36.5 Å². The summed E-state index contributed by atoms with van der Waals surface area (Å²) in [6, 6.07) is 20.0. The smallest absolute Gasteiger partial charge is 0.310 e. The lowest BCUT2D eigenvalue weighted by Gasteiger charge is -2.12. The van der Waals surface area contributed by atoms with E-state index in [1.54, 1.807) is 13.2 Å². The van der Waals surface area contributed by atoms with Crippen molar-refractivity contribution in [1.82, 2.24) is 0 Å². The third kappa shape index (κ3) is 5.24. The summed E-state index contributed by atoms with van der Waals surface area (Å²) in [5.41, 5.74) is 12.5. The number of nitrogens with one attached hydrogen (secondary N) is 1. The normalized spacial score (nSPS) is 10.9. The predicted molar refractivity (Wildman–Crippen MR) is 135 cm³/mol. The molecule has 0 atom stereocenters. The maximum atomic E-state index is 12.0. The molecule has 0 spiro atoms. The first-order valence-electron chi connectivity index (χ1n) is 11.6. The third-order valence-corrected chi connectivity index (χ3v) is 5.61. The van der Waals surface area contributed by atoms with Gasteiger partial charge in [0.1, 0.15) is 12.4 Å². The molecular formula is C28H30N2O4. The highest BCUT2D eigenvalue weighted by atomic mass is 16.5. The van der Waals surface area contributed by atoms with Gasteiger partial charge in [0.15, 0.2) is 5.58 Å². The number of hydrogen-bond donors (Lipinski definition) is 2. The lowest BCUT2D eigenvalue weighted by atomic mass is 9.99. The fourth-order valence-electron chi connectivity index (χ4n) is 3.98. The molecule has 0 fully saturated rings. The van der Waals surface area contributed by atoms with Gasteiger partial charge in [0, 0.05) is 29.6 Å². The van der Waals surface area contributed by atoms with Crippen molar-refractivity contribution in [2.45, 2.75) is 33.4 Å². The van der Waals surface area contributed by atoms with Crippen molar-refractivity contribution in [3.05, 3.63) is 83.6 Å². The number of benzene rings is 3. The summed E-state index contributed by atoms with van der Waals surface area (Å²) in [6.45, 7) is 5.78. The molecule has 4 aromatic rings. The number of carbonyl (C=O) groups excluding carboxylic acids is 1. The zero-order valence-electron chi connectivity index (χ0n) is 19.6. The number of ether oxygens (including phenoxy) is 2. The van der Waals surface area contributed by atoms with E-state index < -0.39 is 0 Å². The van der Waals surface area contributed by atoms with Crippen LogP contribution < -0.4 is 15.8 Å². The minimum Gasteiger partial charge on any atom is -0.488 e. The second kappa shape index (κ2) is 10.9. The summed E-state index contributed by atoms with van der Waals surface area (Å²) < 4.78 is 17.2. The van der Waals surface area contributed by atoms with Crippen molar-refractivity contribution in [2.24, 2.45) is 5.73 Å². The van der Waals surface area contributed by atoms with Crippen molar-refractivity contribution in [2.75, 3.05) is 18.5 Å². The number of para-hydroxylation sites is 1. The van der Waals surface area contributed by atoms with Gasteiger partial charge < -0.3 is 24.9 Å². The minimum absolute atomic E-state index is 0.169. The number of rotatable bonds is 10. The number of furan rings is 1. The SMILES string of the molecule is CCNc1cc(-c2cccc(CN)c2)cc2c(COc3ccccc3CC(=O)OCC)coc12. The number of fused-ring (bicyclic) bond motifs is 1. The average molecular weight is 459 g/mol. The first-order valence-corrected chi connectivity index (χ1v) is 11.6. The van der Waals surface area contributed by atoms with E-state index in [9.17, 15) is 4.79 Å². The summed E-state index contributed by atoms with van der Waals surface area (Å²) in [5, 5.41) is 4.39. The highest BCUT2D eigenvalue weighted by molar-refractivity contribution is 5.96. The first-order chi connectivity index (χ1) is 16.6. The number of hydrogen-bond acceptors (Lipinski definition) is 6. The molecule has 0 amide bonds. The van der Waals surface area contributed by atoms with E-state index in [0.717, 1.165) is 51.0 Å². The van der Waals surface area contributed by atoms with E-state index in [1.165, 1.54) is 0 Å². The second-order valence-electron chi connectivity index (χ2n) is 7.97. The Morgan fingerprint density at radius 2 is 1.85 bits per heavy atom. The van der Waals surface area contributed by atoms with Crippen LogP contribution in [0.3, 0.4) is 0 Å². The average Bonchev–Trinajstić information content (AvgIpc) is 3.27. The van der Waals surface area contributed by atoms with Crippen LogP contribution in [0.4, 0.5) is 5.69 Å². The lowest BCUT2D eigenvalue weighted by Crippen LogP contribution is -2.09. The topological polar surface area (TPSA) is 86.7 Å². The standard InChI is InChI=1S/C28H30N2O4/c1-3-30-25-14-22(20-10-7-8-19(12-20)16-29)13-24-23(18-34-28(24)25)17-33-26-11-6-5-9-21(26)15-27(31)32-4-2/h5-14,18,30H,3-4,15-17,29H2,1-2H3. The van der Waals surface area contributed by atoms with Crippen LogP contribution in [-0.4, -0.2) is 19.1 Å². The third-order valence-electron chi connectivity index (χ3n) is 5.61. The molecule has 0 aliphatic heterocycles. The molecule has 4 rings (SSSR count). The largest absolute Gasteiger partial charge is 0.488 e. The summed E-state index contributed by atoms with van der Waals surface area (Å²) in [7, 11) is 0. The minimum atomic E-state index is -0.271. The van der Waals surface area contributed by atoms with E-state index in [0.29, 0.717) is 25.5 Å². The van der Waals surface area contributed by atoms with Gasteiger partial charge in [0.05, 0.1) is 25.0 Å². The zero-order chi connectivity index (χ0) is 23.9. The van der Waals surface area contributed by atoms with Gasteiger partial charge in [-0.1, -0.05) is 36.4 Å². The van der Waals surface area contributed by atoms with Crippen molar-refractivity contribution in [3.63, 3.8) is 0 Å². The summed E-state index contributed by atoms with van der Waals surface area (Å²) in [6.07, 6.45) is 1.90. The Balaban J connectivity index is 1.65. The van der Waals surface area contributed by atoms with E-state index >= 15 is 0 Å². The quantitative estimate of drug-likeness (QED) is 0.298. The number of nitrogens with two attached hydrogens (primary N) is 1. The summed E-state index contributed by atoms with van der Waals surface area (Å²) >= 11 is 0. The lowest BCUT2D eigenvalue weighted by molar-refractivity contribution is -0.142. The maximum Gasteiger partial charge on any atom is 0.310 e.